The Bertz CT molecular complexity index is 264. The van der Waals surface area contributed by atoms with Gasteiger partial charge >= 0.3 is 0 Å². The van der Waals surface area contributed by atoms with E-state index in [2.05, 4.69) is 28.6 Å². The van der Waals surface area contributed by atoms with E-state index >= 15 is 0 Å². The van der Waals surface area contributed by atoms with Gasteiger partial charge in [-0.1, -0.05) is 13.5 Å². The third-order valence-electron chi connectivity index (χ3n) is 4.14. The van der Waals surface area contributed by atoms with Crippen LogP contribution in [0.15, 0.2) is 12.2 Å². The van der Waals surface area contributed by atoms with Crippen LogP contribution in [-0.4, -0.2) is 61.7 Å². The molecule has 104 valence electrons. The van der Waals surface area contributed by atoms with Gasteiger partial charge in [-0.3, -0.25) is 9.80 Å². The van der Waals surface area contributed by atoms with E-state index in [4.69, 9.17) is 0 Å². The maximum atomic E-state index is 4.22. The van der Waals surface area contributed by atoms with Crippen molar-refractivity contribution in [3.8, 4) is 0 Å². The van der Waals surface area contributed by atoms with Crippen LogP contribution < -0.4 is 5.32 Å². The molecule has 0 bridgehead atoms. The second kappa shape index (κ2) is 7.27. The monoisotopic (exact) mass is 251 g/mol. The largest absolute Gasteiger partial charge is 0.313 e. The van der Waals surface area contributed by atoms with Gasteiger partial charge in [-0.15, -0.1) is 0 Å². The van der Waals surface area contributed by atoms with Crippen LogP contribution in [0.1, 0.15) is 32.6 Å². The molecule has 0 aromatic heterocycles. The Morgan fingerprint density at radius 1 is 1.28 bits per heavy atom. The molecule has 1 atom stereocenters. The van der Waals surface area contributed by atoms with Gasteiger partial charge in [0, 0.05) is 25.7 Å². The van der Waals surface area contributed by atoms with Gasteiger partial charge in [0.2, 0.25) is 0 Å². The molecular formula is C15H29N3. The molecule has 3 heteroatoms. The normalized spacial score (nSPS) is 25.9. The molecule has 18 heavy (non-hydrogen) atoms. The average molecular weight is 251 g/mol. The molecule has 2 fully saturated rings. The minimum absolute atomic E-state index is 0.823. The van der Waals surface area contributed by atoms with Crippen molar-refractivity contribution >= 4 is 0 Å². The fourth-order valence-electron chi connectivity index (χ4n) is 3.24. The SMILES string of the molecule is C=C(CNCCC)CN1CCCN2CCCC2C1. The molecule has 0 radical (unpaired) electrons. The quantitative estimate of drug-likeness (QED) is 0.573. The van der Waals surface area contributed by atoms with Crippen LogP contribution in [-0.2, 0) is 0 Å². The summed E-state index contributed by atoms with van der Waals surface area (Å²) in [5, 5.41) is 3.45. The molecular weight excluding hydrogens is 222 g/mol. The minimum atomic E-state index is 0.823. The summed E-state index contributed by atoms with van der Waals surface area (Å²) in [6, 6.07) is 0.823. The summed E-state index contributed by atoms with van der Waals surface area (Å²) in [4.78, 5) is 5.31. The summed E-state index contributed by atoms with van der Waals surface area (Å²) < 4.78 is 0. The summed E-state index contributed by atoms with van der Waals surface area (Å²) in [5.41, 5.74) is 1.34. The third-order valence-corrected chi connectivity index (χ3v) is 4.14. The second-order valence-electron chi connectivity index (χ2n) is 5.85. The fourth-order valence-corrected chi connectivity index (χ4v) is 3.24. The fraction of sp³-hybridized carbons (Fsp3) is 0.867. The molecule has 2 saturated heterocycles. The first-order valence-electron chi connectivity index (χ1n) is 7.63. The van der Waals surface area contributed by atoms with Crippen LogP contribution in [0, 0.1) is 0 Å². The summed E-state index contributed by atoms with van der Waals surface area (Å²) in [7, 11) is 0. The number of hydrogen-bond acceptors (Lipinski definition) is 3. The van der Waals surface area contributed by atoms with Crippen molar-refractivity contribution < 1.29 is 0 Å². The van der Waals surface area contributed by atoms with Gasteiger partial charge in [-0.05, 0) is 57.4 Å². The molecule has 2 rings (SSSR count). The Morgan fingerprint density at radius 3 is 2.94 bits per heavy atom. The van der Waals surface area contributed by atoms with E-state index in [0.717, 1.165) is 25.7 Å². The van der Waals surface area contributed by atoms with Gasteiger partial charge in [0.15, 0.2) is 0 Å². The lowest BCUT2D eigenvalue weighted by molar-refractivity contribution is 0.228. The molecule has 2 aliphatic rings. The molecule has 0 aliphatic carbocycles. The lowest BCUT2D eigenvalue weighted by Gasteiger charge is -2.26. The maximum absolute atomic E-state index is 4.22. The van der Waals surface area contributed by atoms with E-state index in [1.54, 1.807) is 0 Å². The molecule has 0 spiro atoms. The zero-order chi connectivity index (χ0) is 12.8. The Hall–Kier alpha value is -0.380. The van der Waals surface area contributed by atoms with Crippen molar-refractivity contribution in [1.29, 1.82) is 0 Å². The van der Waals surface area contributed by atoms with Crippen LogP contribution in [0.2, 0.25) is 0 Å². The molecule has 1 N–H and O–H groups in total. The Balaban J connectivity index is 1.73. The maximum Gasteiger partial charge on any atom is 0.0223 e. The Kier molecular flexibility index (Phi) is 5.67. The molecule has 0 saturated carbocycles. The van der Waals surface area contributed by atoms with Crippen LogP contribution in [0.3, 0.4) is 0 Å². The van der Waals surface area contributed by atoms with E-state index < -0.39 is 0 Å². The minimum Gasteiger partial charge on any atom is -0.313 e. The smallest absolute Gasteiger partial charge is 0.0223 e. The van der Waals surface area contributed by atoms with Crippen molar-refractivity contribution in [2.75, 3.05) is 45.8 Å². The second-order valence-corrected chi connectivity index (χ2v) is 5.85. The number of hydrogen-bond donors (Lipinski definition) is 1. The Morgan fingerprint density at radius 2 is 2.11 bits per heavy atom. The first kappa shape index (κ1) is 14.0. The topological polar surface area (TPSA) is 18.5 Å². The first-order chi connectivity index (χ1) is 8.79. The standard InChI is InChI=1S/C15H29N3/c1-3-7-16-11-14(2)12-17-8-5-10-18-9-4-6-15(18)13-17/h15-16H,2-13H2,1H3. The predicted octanol–water partition coefficient (Wildman–Crippen LogP) is 1.71. The van der Waals surface area contributed by atoms with Gasteiger partial charge in [-0.25, -0.2) is 0 Å². The molecule has 2 heterocycles. The highest BCUT2D eigenvalue weighted by atomic mass is 15.3. The van der Waals surface area contributed by atoms with Gasteiger partial charge in [0.25, 0.3) is 0 Å². The van der Waals surface area contributed by atoms with Crippen molar-refractivity contribution in [1.82, 2.24) is 15.1 Å². The van der Waals surface area contributed by atoms with E-state index in [1.807, 2.05) is 0 Å². The van der Waals surface area contributed by atoms with Gasteiger partial charge < -0.3 is 5.32 Å². The zero-order valence-corrected chi connectivity index (χ0v) is 12.0. The number of nitrogens with zero attached hydrogens (tertiary/aromatic N) is 2. The van der Waals surface area contributed by atoms with E-state index in [9.17, 15) is 0 Å². The van der Waals surface area contributed by atoms with Crippen molar-refractivity contribution in [2.24, 2.45) is 0 Å². The highest BCUT2D eigenvalue weighted by molar-refractivity contribution is 5.01. The van der Waals surface area contributed by atoms with Crippen LogP contribution >= 0.6 is 0 Å². The molecule has 3 nitrogen and oxygen atoms in total. The summed E-state index contributed by atoms with van der Waals surface area (Å²) in [6.45, 7) is 14.7. The van der Waals surface area contributed by atoms with Crippen LogP contribution in [0.4, 0.5) is 0 Å². The van der Waals surface area contributed by atoms with Gasteiger partial charge in [-0.2, -0.15) is 0 Å². The van der Waals surface area contributed by atoms with Crippen LogP contribution in [0.5, 0.6) is 0 Å². The van der Waals surface area contributed by atoms with Crippen molar-refractivity contribution in [3.63, 3.8) is 0 Å². The van der Waals surface area contributed by atoms with E-state index in [1.165, 1.54) is 57.4 Å². The lowest BCUT2D eigenvalue weighted by Crippen LogP contribution is -2.38. The van der Waals surface area contributed by atoms with E-state index in [-0.39, 0.29) is 0 Å². The number of fused-ring (bicyclic) bond motifs is 1. The highest BCUT2D eigenvalue weighted by Crippen LogP contribution is 2.21. The Labute approximate surface area is 112 Å². The summed E-state index contributed by atoms with van der Waals surface area (Å²) >= 11 is 0. The molecule has 0 amide bonds. The molecule has 0 aromatic carbocycles. The number of rotatable bonds is 6. The summed E-state index contributed by atoms with van der Waals surface area (Å²) in [5.74, 6) is 0. The van der Waals surface area contributed by atoms with Crippen LogP contribution in [0.25, 0.3) is 0 Å². The van der Waals surface area contributed by atoms with Gasteiger partial charge in [0.05, 0.1) is 0 Å². The third kappa shape index (κ3) is 4.08. The van der Waals surface area contributed by atoms with Gasteiger partial charge in [0.1, 0.15) is 0 Å². The molecule has 2 aliphatic heterocycles. The molecule has 1 unspecified atom stereocenters. The van der Waals surface area contributed by atoms with Crippen molar-refractivity contribution in [3.05, 3.63) is 12.2 Å². The zero-order valence-electron chi connectivity index (χ0n) is 12.0. The molecule has 0 aromatic rings. The predicted molar refractivity (Wildman–Crippen MR) is 78.0 cm³/mol. The summed E-state index contributed by atoms with van der Waals surface area (Å²) in [6.07, 6.45) is 5.33. The first-order valence-corrected chi connectivity index (χ1v) is 7.63. The number of nitrogens with one attached hydrogen (secondary N) is 1. The lowest BCUT2D eigenvalue weighted by atomic mass is 10.2. The van der Waals surface area contributed by atoms with E-state index in [0.29, 0.717) is 0 Å². The average Bonchev–Trinajstić information content (AvgIpc) is 2.69. The van der Waals surface area contributed by atoms with Crippen molar-refractivity contribution in [2.45, 2.75) is 38.6 Å². The highest BCUT2D eigenvalue weighted by Gasteiger charge is 2.28.